The lowest BCUT2D eigenvalue weighted by Crippen LogP contribution is -2.02. The fourth-order valence-corrected chi connectivity index (χ4v) is 2.99. The van der Waals surface area contributed by atoms with Crippen LogP contribution >= 0.6 is 23.2 Å². The number of halogens is 2. The molecule has 102 valence electrons. The zero-order valence-corrected chi connectivity index (χ0v) is 12.8. The topological polar surface area (TPSA) is 17.8 Å². The maximum absolute atomic E-state index is 6.25. The van der Waals surface area contributed by atoms with Gasteiger partial charge < -0.3 is 4.57 Å². The Bertz CT molecular complexity index is 598. The van der Waals surface area contributed by atoms with Crippen molar-refractivity contribution >= 4 is 34.2 Å². The van der Waals surface area contributed by atoms with Gasteiger partial charge in [-0.2, -0.15) is 0 Å². The van der Waals surface area contributed by atoms with E-state index in [2.05, 4.69) is 31.5 Å². The molecule has 0 unspecified atom stereocenters. The number of aromatic nitrogens is 2. The molecule has 2 nitrogen and oxygen atoms in total. The number of imidazole rings is 1. The van der Waals surface area contributed by atoms with Crippen molar-refractivity contribution in [3.05, 3.63) is 40.7 Å². The molecule has 0 fully saturated rings. The highest BCUT2D eigenvalue weighted by atomic mass is 35.5. The Morgan fingerprint density at radius 1 is 1.32 bits per heavy atom. The minimum atomic E-state index is 0.468. The standard InChI is InChI=1S/C15H18Cl2N2/c1-4-9-19-14-11(10(5-2)6-3)7-8-12(16)13(14)18-15(19)17/h4,7-8,10H,1,5-6,9H2,2-3H3. The van der Waals surface area contributed by atoms with Gasteiger partial charge in [0.05, 0.1) is 10.5 Å². The fraction of sp³-hybridized carbons (Fsp3) is 0.400. The van der Waals surface area contributed by atoms with Crippen LogP contribution in [0.5, 0.6) is 0 Å². The molecule has 1 aromatic carbocycles. The van der Waals surface area contributed by atoms with Crippen molar-refractivity contribution in [3.8, 4) is 0 Å². The van der Waals surface area contributed by atoms with Gasteiger partial charge in [0.2, 0.25) is 5.28 Å². The highest BCUT2D eigenvalue weighted by Crippen LogP contribution is 2.35. The van der Waals surface area contributed by atoms with E-state index in [-0.39, 0.29) is 0 Å². The van der Waals surface area contributed by atoms with Gasteiger partial charge in [0.15, 0.2) is 0 Å². The first-order chi connectivity index (χ1) is 9.13. The maximum Gasteiger partial charge on any atom is 0.204 e. The third kappa shape index (κ3) is 2.52. The predicted octanol–water partition coefficient (Wildman–Crippen LogP) is 5.43. The molecule has 0 N–H and O–H groups in total. The molecule has 0 aliphatic carbocycles. The van der Waals surface area contributed by atoms with Crippen LogP contribution in [-0.2, 0) is 6.54 Å². The quantitative estimate of drug-likeness (QED) is 0.673. The number of nitrogens with zero attached hydrogens (tertiary/aromatic N) is 2. The van der Waals surface area contributed by atoms with E-state index in [0.29, 0.717) is 22.8 Å². The molecule has 1 aromatic heterocycles. The minimum absolute atomic E-state index is 0.468. The fourth-order valence-electron chi connectivity index (χ4n) is 2.56. The van der Waals surface area contributed by atoms with Crippen LogP contribution in [0.3, 0.4) is 0 Å². The molecule has 0 bridgehead atoms. The van der Waals surface area contributed by atoms with Crippen LogP contribution < -0.4 is 0 Å². The minimum Gasteiger partial charge on any atom is -0.310 e. The summed E-state index contributed by atoms with van der Waals surface area (Å²) in [5.41, 5.74) is 3.11. The summed E-state index contributed by atoms with van der Waals surface area (Å²) >= 11 is 12.5. The Labute approximate surface area is 124 Å². The molecule has 0 saturated carbocycles. The molecular formula is C15H18Cl2N2. The summed E-state index contributed by atoms with van der Waals surface area (Å²) in [6.07, 6.45) is 4.00. The third-order valence-electron chi connectivity index (χ3n) is 3.57. The van der Waals surface area contributed by atoms with Crippen molar-refractivity contribution in [3.63, 3.8) is 0 Å². The highest BCUT2D eigenvalue weighted by Gasteiger charge is 2.18. The lowest BCUT2D eigenvalue weighted by Gasteiger charge is -2.16. The predicted molar refractivity (Wildman–Crippen MR) is 83.3 cm³/mol. The Kier molecular flexibility index (Phi) is 4.54. The van der Waals surface area contributed by atoms with E-state index in [4.69, 9.17) is 23.2 Å². The maximum atomic E-state index is 6.25. The van der Waals surface area contributed by atoms with Gasteiger partial charge in [0.25, 0.3) is 0 Å². The number of rotatable bonds is 5. The van der Waals surface area contributed by atoms with Crippen LogP contribution in [0.4, 0.5) is 0 Å². The van der Waals surface area contributed by atoms with Crippen molar-refractivity contribution in [2.24, 2.45) is 0 Å². The van der Waals surface area contributed by atoms with E-state index >= 15 is 0 Å². The van der Waals surface area contributed by atoms with Crippen LogP contribution in [0.25, 0.3) is 11.0 Å². The highest BCUT2D eigenvalue weighted by molar-refractivity contribution is 6.36. The van der Waals surface area contributed by atoms with Crippen LogP contribution in [0.1, 0.15) is 38.2 Å². The van der Waals surface area contributed by atoms with Crippen LogP contribution in [0.15, 0.2) is 24.8 Å². The Balaban J connectivity index is 2.77. The van der Waals surface area contributed by atoms with Crippen molar-refractivity contribution in [2.45, 2.75) is 39.2 Å². The molecule has 0 aliphatic heterocycles. The SMILES string of the molecule is C=CCn1c(Cl)nc2c(Cl)ccc(C(CC)CC)c21. The summed E-state index contributed by atoms with van der Waals surface area (Å²) in [4.78, 5) is 4.39. The second-order valence-corrected chi connectivity index (χ2v) is 5.37. The molecule has 19 heavy (non-hydrogen) atoms. The first-order valence-electron chi connectivity index (χ1n) is 6.59. The molecular weight excluding hydrogens is 279 g/mol. The lowest BCUT2D eigenvalue weighted by atomic mass is 9.93. The van der Waals surface area contributed by atoms with Crippen molar-refractivity contribution in [1.82, 2.24) is 9.55 Å². The van der Waals surface area contributed by atoms with Gasteiger partial charge in [-0.25, -0.2) is 4.98 Å². The number of fused-ring (bicyclic) bond motifs is 1. The molecule has 1 heterocycles. The average molecular weight is 297 g/mol. The summed E-state index contributed by atoms with van der Waals surface area (Å²) in [5.74, 6) is 0.496. The van der Waals surface area contributed by atoms with Gasteiger partial charge in [-0.1, -0.05) is 37.6 Å². The van der Waals surface area contributed by atoms with Crippen LogP contribution in [0, 0.1) is 0 Å². The van der Waals surface area contributed by atoms with Crippen molar-refractivity contribution in [2.75, 3.05) is 0 Å². The second-order valence-electron chi connectivity index (χ2n) is 4.63. The van der Waals surface area contributed by atoms with Crippen LogP contribution in [0.2, 0.25) is 10.3 Å². The normalized spacial score (nSPS) is 11.4. The van der Waals surface area contributed by atoms with Gasteiger partial charge in [-0.3, -0.25) is 0 Å². The average Bonchev–Trinajstić information content (AvgIpc) is 2.73. The summed E-state index contributed by atoms with van der Waals surface area (Å²) in [6.45, 7) is 8.82. The Morgan fingerprint density at radius 3 is 2.58 bits per heavy atom. The number of hydrogen-bond donors (Lipinski definition) is 0. The van der Waals surface area contributed by atoms with Crippen LogP contribution in [-0.4, -0.2) is 9.55 Å². The van der Waals surface area contributed by atoms with Gasteiger partial charge in [-0.05, 0) is 42.0 Å². The molecule has 0 amide bonds. The monoisotopic (exact) mass is 296 g/mol. The number of allylic oxidation sites excluding steroid dienone is 1. The molecule has 4 heteroatoms. The third-order valence-corrected chi connectivity index (χ3v) is 4.16. The Hall–Kier alpha value is -0.990. The lowest BCUT2D eigenvalue weighted by molar-refractivity contribution is 0.642. The summed E-state index contributed by atoms with van der Waals surface area (Å²) in [5, 5.41) is 1.12. The van der Waals surface area contributed by atoms with Gasteiger partial charge in [-0.15, -0.1) is 6.58 Å². The smallest absolute Gasteiger partial charge is 0.204 e. The van der Waals surface area contributed by atoms with Gasteiger partial charge in [0.1, 0.15) is 5.52 Å². The van der Waals surface area contributed by atoms with Gasteiger partial charge >= 0.3 is 0 Å². The summed E-state index contributed by atoms with van der Waals surface area (Å²) in [6, 6.07) is 4.01. The summed E-state index contributed by atoms with van der Waals surface area (Å²) in [7, 11) is 0. The van der Waals surface area contributed by atoms with E-state index in [9.17, 15) is 0 Å². The molecule has 0 atom stereocenters. The molecule has 2 rings (SSSR count). The van der Waals surface area contributed by atoms with E-state index in [1.165, 1.54) is 5.56 Å². The number of benzene rings is 1. The number of hydrogen-bond acceptors (Lipinski definition) is 1. The van der Waals surface area contributed by atoms with E-state index in [0.717, 1.165) is 23.9 Å². The van der Waals surface area contributed by atoms with Gasteiger partial charge in [0, 0.05) is 6.54 Å². The molecule has 0 radical (unpaired) electrons. The molecule has 2 aromatic rings. The zero-order chi connectivity index (χ0) is 14.0. The van der Waals surface area contributed by atoms with E-state index in [1.54, 1.807) is 0 Å². The van der Waals surface area contributed by atoms with E-state index < -0.39 is 0 Å². The molecule has 0 saturated heterocycles. The second kappa shape index (κ2) is 5.98. The first kappa shape index (κ1) is 14.4. The first-order valence-corrected chi connectivity index (χ1v) is 7.34. The molecule has 0 aliphatic rings. The Morgan fingerprint density at radius 2 is 2.00 bits per heavy atom. The molecule has 0 spiro atoms. The van der Waals surface area contributed by atoms with Crippen molar-refractivity contribution < 1.29 is 0 Å². The summed E-state index contributed by atoms with van der Waals surface area (Å²) < 4.78 is 1.98. The largest absolute Gasteiger partial charge is 0.310 e. The van der Waals surface area contributed by atoms with Crippen molar-refractivity contribution in [1.29, 1.82) is 0 Å². The zero-order valence-electron chi connectivity index (χ0n) is 11.3. The van der Waals surface area contributed by atoms with E-state index in [1.807, 2.05) is 16.7 Å².